The molecule has 17 heavy (non-hydrogen) atoms. The van der Waals surface area contributed by atoms with E-state index < -0.39 is 0 Å². The van der Waals surface area contributed by atoms with Crippen molar-refractivity contribution >= 4 is 17.3 Å². The summed E-state index contributed by atoms with van der Waals surface area (Å²) in [6.07, 6.45) is 3.89. The highest BCUT2D eigenvalue weighted by Gasteiger charge is 2.14. The molecule has 0 aromatic heterocycles. The van der Waals surface area contributed by atoms with Gasteiger partial charge in [0.2, 0.25) is 0 Å². The fraction of sp³-hybridized carbons (Fsp3) is 0.571. The van der Waals surface area contributed by atoms with E-state index >= 15 is 0 Å². The lowest BCUT2D eigenvalue weighted by atomic mass is 10.0. The van der Waals surface area contributed by atoms with Crippen molar-refractivity contribution in [2.75, 3.05) is 24.5 Å². The topological polar surface area (TPSA) is 29.3 Å². The van der Waals surface area contributed by atoms with E-state index in [4.69, 9.17) is 17.3 Å². The number of hydrogen-bond acceptors (Lipinski definition) is 2. The number of nitrogens with two attached hydrogens (primary N) is 1. The van der Waals surface area contributed by atoms with E-state index in [1.807, 2.05) is 0 Å². The molecule has 0 aliphatic carbocycles. The third-order valence-electron chi connectivity index (χ3n) is 3.59. The summed E-state index contributed by atoms with van der Waals surface area (Å²) in [6, 6.07) is 6.38. The molecule has 94 valence electrons. The fourth-order valence-corrected chi connectivity index (χ4v) is 2.67. The molecule has 2 nitrogen and oxygen atoms in total. The Balaban J connectivity index is 2.18. The van der Waals surface area contributed by atoms with E-state index in [-0.39, 0.29) is 0 Å². The summed E-state index contributed by atoms with van der Waals surface area (Å²) in [4.78, 5) is 2.39. The highest BCUT2D eigenvalue weighted by Crippen LogP contribution is 2.31. The molecule has 0 spiro atoms. The predicted molar refractivity (Wildman–Crippen MR) is 75.0 cm³/mol. The van der Waals surface area contributed by atoms with Gasteiger partial charge in [-0.3, -0.25) is 0 Å². The number of anilines is 1. The molecule has 0 bridgehead atoms. The molecule has 1 atom stereocenters. The van der Waals surface area contributed by atoms with Crippen molar-refractivity contribution in [2.45, 2.75) is 32.1 Å². The summed E-state index contributed by atoms with van der Waals surface area (Å²) >= 11 is 6.38. The highest BCUT2D eigenvalue weighted by atomic mass is 35.5. The van der Waals surface area contributed by atoms with Crippen LogP contribution >= 0.6 is 11.6 Å². The van der Waals surface area contributed by atoms with Gasteiger partial charge >= 0.3 is 0 Å². The Morgan fingerprint density at radius 3 is 2.59 bits per heavy atom. The van der Waals surface area contributed by atoms with Gasteiger partial charge in [0, 0.05) is 13.1 Å². The molecule has 2 N–H and O–H groups in total. The monoisotopic (exact) mass is 252 g/mol. The first-order valence-electron chi connectivity index (χ1n) is 6.47. The number of piperidine rings is 1. The summed E-state index contributed by atoms with van der Waals surface area (Å²) < 4.78 is 0. The summed E-state index contributed by atoms with van der Waals surface area (Å²) in [7, 11) is 0. The molecular formula is C14H21ClN2. The third-order valence-corrected chi connectivity index (χ3v) is 3.89. The van der Waals surface area contributed by atoms with Crippen LogP contribution in [0.2, 0.25) is 5.02 Å². The van der Waals surface area contributed by atoms with Crippen LogP contribution in [-0.4, -0.2) is 19.6 Å². The van der Waals surface area contributed by atoms with E-state index in [1.54, 1.807) is 0 Å². The maximum Gasteiger partial charge on any atom is 0.0642 e. The van der Waals surface area contributed by atoms with Gasteiger partial charge in [0.1, 0.15) is 0 Å². The molecule has 1 saturated heterocycles. The third kappa shape index (κ3) is 2.93. The van der Waals surface area contributed by atoms with E-state index in [1.165, 1.54) is 30.5 Å². The van der Waals surface area contributed by atoms with Crippen molar-refractivity contribution in [1.82, 2.24) is 0 Å². The van der Waals surface area contributed by atoms with Gasteiger partial charge in [-0.25, -0.2) is 0 Å². The number of rotatable bonds is 3. The lowest BCUT2D eigenvalue weighted by Crippen LogP contribution is -2.29. The van der Waals surface area contributed by atoms with Crippen molar-refractivity contribution in [3.8, 4) is 0 Å². The van der Waals surface area contributed by atoms with Crippen molar-refractivity contribution < 1.29 is 0 Å². The van der Waals surface area contributed by atoms with Crippen LogP contribution < -0.4 is 10.6 Å². The minimum atomic E-state index is 0.378. The first-order valence-corrected chi connectivity index (χ1v) is 6.84. The van der Waals surface area contributed by atoms with Crippen LogP contribution in [0, 0.1) is 0 Å². The van der Waals surface area contributed by atoms with Gasteiger partial charge in [-0.1, -0.05) is 24.6 Å². The standard InChI is InChI=1S/C14H21ClN2/c1-11(10-16)12-5-6-14(13(15)9-12)17-7-3-2-4-8-17/h5-6,9,11H,2-4,7-8,10,16H2,1H3/t11-/m0/s1. The van der Waals surface area contributed by atoms with Crippen LogP contribution in [0.5, 0.6) is 0 Å². The zero-order chi connectivity index (χ0) is 12.3. The van der Waals surface area contributed by atoms with Crippen LogP contribution in [0.15, 0.2) is 18.2 Å². The molecular weight excluding hydrogens is 232 g/mol. The van der Waals surface area contributed by atoms with Crippen LogP contribution in [0.3, 0.4) is 0 Å². The Morgan fingerprint density at radius 1 is 1.29 bits per heavy atom. The lowest BCUT2D eigenvalue weighted by Gasteiger charge is -2.30. The van der Waals surface area contributed by atoms with Crippen molar-refractivity contribution in [1.29, 1.82) is 0 Å². The maximum atomic E-state index is 6.38. The van der Waals surface area contributed by atoms with Gasteiger partial charge in [-0.05, 0) is 49.4 Å². The molecule has 1 aliphatic heterocycles. The summed E-state index contributed by atoms with van der Waals surface area (Å²) in [5, 5.41) is 0.865. The largest absolute Gasteiger partial charge is 0.370 e. The van der Waals surface area contributed by atoms with Crippen molar-refractivity contribution in [2.24, 2.45) is 5.73 Å². The van der Waals surface area contributed by atoms with Gasteiger partial charge < -0.3 is 10.6 Å². The lowest BCUT2D eigenvalue weighted by molar-refractivity contribution is 0.578. The Hall–Kier alpha value is -0.730. The Kier molecular flexibility index (Phi) is 4.30. The molecule has 1 fully saturated rings. The number of nitrogens with zero attached hydrogens (tertiary/aromatic N) is 1. The minimum Gasteiger partial charge on any atom is -0.370 e. The average Bonchev–Trinajstić information content (AvgIpc) is 2.38. The number of halogens is 1. The summed E-state index contributed by atoms with van der Waals surface area (Å²) in [5.74, 6) is 0.378. The summed E-state index contributed by atoms with van der Waals surface area (Å²) in [5.41, 5.74) is 8.10. The molecule has 1 aliphatic rings. The second-order valence-corrected chi connectivity index (χ2v) is 5.30. The van der Waals surface area contributed by atoms with Crippen LogP contribution in [0.4, 0.5) is 5.69 Å². The van der Waals surface area contributed by atoms with E-state index in [0.29, 0.717) is 12.5 Å². The Morgan fingerprint density at radius 2 is 2.00 bits per heavy atom. The van der Waals surface area contributed by atoms with Gasteiger partial charge in [0.05, 0.1) is 10.7 Å². The predicted octanol–water partition coefficient (Wildman–Crippen LogP) is 3.39. The zero-order valence-corrected chi connectivity index (χ0v) is 11.2. The fourth-order valence-electron chi connectivity index (χ4n) is 2.36. The Bertz CT molecular complexity index is 372. The molecule has 0 radical (unpaired) electrons. The Labute approximate surface area is 109 Å². The highest BCUT2D eigenvalue weighted by molar-refractivity contribution is 6.33. The number of hydrogen-bond donors (Lipinski definition) is 1. The molecule has 0 unspecified atom stereocenters. The van der Waals surface area contributed by atoms with E-state index in [9.17, 15) is 0 Å². The molecule has 0 amide bonds. The smallest absolute Gasteiger partial charge is 0.0642 e. The SMILES string of the molecule is C[C@@H](CN)c1ccc(N2CCCCC2)c(Cl)c1. The summed E-state index contributed by atoms with van der Waals surface area (Å²) in [6.45, 7) is 5.06. The number of benzene rings is 1. The minimum absolute atomic E-state index is 0.378. The normalized spacial score (nSPS) is 18.2. The van der Waals surface area contributed by atoms with Gasteiger partial charge in [0.15, 0.2) is 0 Å². The molecule has 1 aromatic carbocycles. The van der Waals surface area contributed by atoms with Crippen molar-refractivity contribution in [3.63, 3.8) is 0 Å². The second kappa shape index (κ2) is 5.74. The molecule has 1 aromatic rings. The molecule has 0 saturated carbocycles. The van der Waals surface area contributed by atoms with Crippen LogP contribution in [-0.2, 0) is 0 Å². The molecule has 2 rings (SSSR count). The molecule has 1 heterocycles. The quantitative estimate of drug-likeness (QED) is 0.894. The van der Waals surface area contributed by atoms with Gasteiger partial charge in [0.25, 0.3) is 0 Å². The first kappa shape index (κ1) is 12.7. The second-order valence-electron chi connectivity index (χ2n) is 4.90. The first-order chi connectivity index (χ1) is 8.22. The maximum absolute atomic E-state index is 6.38. The van der Waals surface area contributed by atoms with Crippen molar-refractivity contribution in [3.05, 3.63) is 28.8 Å². The molecule has 3 heteroatoms. The van der Waals surface area contributed by atoms with Crippen LogP contribution in [0.1, 0.15) is 37.7 Å². The van der Waals surface area contributed by atoms with Gasteiger partial charge in [-0.2, -0.15) is 0 Å². The van der Waals surface area contributed by atoms with Crippen LogP contribution in [0.25, 0.3) is 0 Å². The average molecular weight is 253 g/mol. The van der Waals surface area contributed by atoms with E-state index in [2.05, 4.69) is 30.0 Å². The zero-order valence-electron chi connectivity index (χ0n) is 10.5. The van der Waals surface area contributed by atoms with Gasteiger partial charge in [-0.15, -0.1) is 0 Å². The van der Waals surface area contributed by atoms with E-state index in [0.717, 1.165) is 18.1 Å².